The quantitative estimate of drug-likeness (QED) is 0.582. The van der Waals surface area contributed by atoms with Crippen molar-refractivity contribution in [3.05, 3.63) is 47.7 Å². The maximum atomic E-state index is 14.7. The fraction of sp³-hybridized carbons (Fsp3) is 0.421. The molecule has 1 aliphatic rings. The Hall–Kier alpha value is -2.95. The molecule has 7 nitrogen and oxygen atoms in total. The molecule has 2 heterocycles. The highest BCUT2D eigenvalue weighted by molar-refractivity contribution is 5.49. The van der Waals surface area contributed by atoms with Gasteiger partial charge in [0.15, 0.2) is 0 Å². The first-order valence-corrected chi connectivity index (χ1v) is 9.26. The van der Waals surface area contributed by atoms with Crippen LogP contribution in [0.25, 0.3) is 5.78 Å². The van der Waals surface area contributed by atoms with Crippen molar-refractivity contribution in [2.45, 2.75) is 50.6 Å². The van der Waals surface area contributed by atoms with E-state index in [0.717, 1.165) is 30.7 Å². The van der Waals surface area contributed by atoms with Gasteiger partial charge in [0.25, 0.3) is 5.78 Å². The summed E-state index contributed by atoms with van der Waals surface area (Å²) in [5, 5.41) is 17.9. The van der Waals surface area contributed by atoms with Gasteiger partial charge in [-0.15, -0.1) is 13.2 Å². The lowest BCUT2D eigenvalue weighted by atomic mass is 9.91. The largest absolute Gasteiger partial charge is 0.573 e. The van der Waals surface area contributed by atoms with E-state index in [2.05, 4.69) is 25.1 Å². The van der Waals surface area contributed by atoms with Crippen molar-refractivity contribution in [3.63, 3.8) is 0 Å². The second-order valence-corrected chi connectivity index (χ2v) is 7.77. The molecule has 1 fully saturated rings. The fourth-order valence-electron chi connectivity index (χ4n) is 3.24. The van der Waals surface area contributed by atoms with Gasteiger partial charge < -0.3 is 15.2 Å². The summed E-state index contributed by atoms with van der Waals surface area (Å²) >= 11 is 0. The standard InChI is InChI=1S/C19H19F4N5O2/c1-18(2,29)16(12-6-5-11(7-13(12)20)30-19(21,22)23)27-15-8-14(10-3-4-10)26-17-24-9-25-28(15)17/h5-10,16,27,29H,3-4H2,1-2H3/t16-/m0/s1. The van der Waals surface area contributed by atoms with Crippen LogP contribution in [0.5, 0.6) is 5.75 Å². The molecule has 0 bridgehead atoms. The molecule has 1 aromatic carbocycles. The minimum atomic E-state index is -4.93. The van der Waals surface area contributed by atoms with Gasteiger partial charge in [-0.05, 0) is 32.8 Å². The number of anilines is 1. The Balaban J connectivity index is 1.71. The molecule has 0 aliphatic heterocycles. The number of halogens is 4. The van der Waals surface area contributed by atoms with Crippen LogP contribution in [0.3, 0.4) is 0 Å². The van der Waals surface area contributed by atoms with E-state index in [0.29, 0.717) is 23.6 Å². The number of hydrogen-bond acceptors (Lipinski definition) is 6. The molecule has 1 aliphatic carbocycles. The first-order chi connectivity index (χ1) is 14.0. The zero-order chi connectivity index (χ0) is 21.7. The lowest BCUT2D eigenvalue weighted by Gasteiger charge is -2.32. The van der Waals surface area contributed by atoms with E-state index in [1.54, 1.807) is 6.07 Å². The van der Waals surface area contributed by atoms with Gasteiger partial charge in [0.2, 0.25) is 0 Å². The third-order valence-electron chi connectivity index (χ3n) is 4.78. The normalized spacial score (nSPS) is 16.0. The Bertz CT molecular complexity index is 1070. The molecule has 0 spiro atoms. The predicted molar refractivity (Wildman–Crippen MR) is 98.5 cm³/mol. The average Bonchev–Trinajstić information content (AvgIpc) is 3.35. The fourth-order valence-corrected chi connectivity index (χ4v) is 3.24. The van der Waals surface area contributed by atoms with Gasteiger partial charge in [-0.3, -0.25) is 0 Å². The van der Waals surface area contributed by atoms with E-state index >= 15 is 0 Å². The number of benzene rings is 1. The molecule has 3 aromatic rings. The van der Waals surface area contributed by atoms with E-state index in [1.807, 2.05) is 0 Å². The summed E-state index contributed by atoms with van der Waals surface area (Å²) in [6.07, 6.45) is -1.61. The summed E-state index contributed by atoms with van der Waals surface area (Å²) in [4.78, 5) is 8.55. The lowest BCUT2D eigenvalue weighted by Crippen LogP contribution is -2.35. The van der Waals surface area contributed by atoms with Crippen molar-refractivity contribution in [3.8, 4) is 5.75 Å². The zero-order valence-electron chi connectivity index (χ0n) is 16.1. The number of nitrogens with zero attached hydrogens (tertiary/aromatic N) is 4. The summed E-state index contributed by atoms with van der Waals surface area (Å²) in [7, 11) is 0. The number of ether oxygens (including phenoxy) is 1. The molecule has 0 amide bonds. The number of nitrogens with one attached hydrogen (secondary N) is 1. The van der Waals surface area contributed by atoms with Crippen LogP contribution in [0.4, 0.5) is 23.4 Å². The summed E-state index contributed by atoms with van der Waals surface area (Å²) < 4.78 is 57.2. The lowest BCUT2D eigenvalue weighted by molar-refractivity contribution is -0.274. The molecule has 0 radical (unpaired) electrons. The summed E-state index contributed by atoms with van der Waals surface area (Å²) in [5.41, 5.74) is -0.708. The second-order valence-electron chi connectivity index (χ2n) is 7.77. The number of rotatable bonds is 6. The van der Waals surface area contributed by atoms with Crippen molar-refractivity contribution < 1.29 is 27.4 Å². The van der Waals surface area contributed by atoms with Gasteiger partial charge in [0.05, 0.1) is 17.3 Å². The van der Waals surface area contributed by atoms with Crippen LogP contribution >= 0.6 is 0 Å². The SMILES string of the molecule is CC(C)(O)[C@@H](Nc1cc(C2CC2)nc2ncnn12)c1ccc(OC(F)(F)F)cc1F. The van der Waals surface area contributed by atoms with E-state index in [-0.39, 0.29) is 5.56 Å². The van der Waals surface area contributed by atoms with Crippen molar-refractivity contribution in [1.29, 1.82) is 0 Å². The molecule has 2 aromatic heterocycles. The molecule has 1 saturated carbocycles. The Morgan fingerprint density at radius 2 is 1.97 bits per heavy atom. The third-order valence-corrected chi connectivity index (χ3v) is 4.78. The molecule has 1 atom stereocenters. The molecule has 0 saturated heterocycles. The highest BCUT2D eigenvalue weighted by Gasteiger charge is 2.34. The van der Waals surface area contributed by atoms with Gasteiger partial charge in [-0.2, -0.15) is 14.6 Å². The van der Waals surface area contributed by atoms with Crippen molar-refractivity contribution in [1.82, 2.24) is 19.6 Å². The van der Waals surface area contributed by atoms with Crippen LogP contribution in [0.15, 0.2) is 30.6 Å². The van der Waals surface area contributed by atoms with Crippen molar-refractivity contribution in [2.24, 2.45) is 0 Å². The first-order valence-electron chi connectivity index (χ1n) is 9.26. The molecule has 160 valence electrons. The van der Waals surface area contributed by atoms with Crippen LogP contribution < -0.4 is 10.1 Å². The molecule has 4 rings (SSSR count). The predicted octanol–water partition coefficient (Wildman–Crippen LogP) is 3.96. The van der Waals surface area contributed by atoms with Crippen LogP contribution in [0, 0.1) is 5.82 Å². The Morgan fingerprint density at radius 3 is 2.57 bits per heavy atom. The Labute approximate surface area is 168 Å². The van der Waals surface area contributed by atoms with Crippen LogP contribution in [-0.2, 0) is 0 Å². The number of hydrogen-bond donors (Lipinski definition) is 2. The van der Waals surface area contributed by atoms with Crippen LogP contribution in [0.1, 0.15) is 49.9 Å². The summed E-state index contributed by atoms with van der Waals surface area (Å²) in [6, 6.07) is 3.53. The van der Waals surface area contributed by atoms with Gasteiger partial charge in [-0.25, -0.2) is 9.37 Å². The number of aliphatic hydroxyl groups is 1. The minimum Gasteiger partial charge on any atom is -0.406 e. The number of alkyl halides is 3. The number of fused-ring (bicyclic) bond motifs is 1. The molecule has 11 heteroatoms. The van der Waals surface area contributed by atoms with E-state index in [4.69, 9.17) is 0 Å². The van der Waals surface area contributed by atoms with Crippen molar-refractivity contribution >= 4 is 11.6 Å². The molecule has 2 N–H and O–H groups in total. The average molecular weight is 425 g/mol. The van der Waals surface area contributed by atoms with Crippen LogP contribution in [-0.4, -0.2) is 36.7 Å². The Kier molecular flexibility index (Phi) is 4.80. The number of aromatic nitrogens is 4. The first kappa shape index (κ1) is 20.3. The minimum absolute atomic E-state index is 0.0323. The van der Waals surface area contributed by atoms with Gasteiger partial charge in [-0.1, -0.05) is 6.07 Å². The van der Waals surface area contributed by atoms with Gasteiger partial charge in [0.1, 0.15) is 23.7 Å². The molecule has 0 unspecified atom stereocenters. The Morgan fingerprint density at radius 1 is 1.23 bits per heavy atom. The topological polar surface area (TPSA) is 84.6 Å². The molecular formula is C19H19F4N5O2. The van der Waals surface area contributed by atoms with E-state index < -0.39 is 29.6 Å². The van der Waals surface area contributed by atoms with E-state index in [9.17, 15) is 22.7 Å². The summed E-state index contributed by atoms with van der Waals surface area (Å²) in [5.74, 6) is -0.546. The maximum absolute atomic E-state index is 14.7. The zero-order valence-corrected chi connectivity index (χ0v) is 16.1. The maximum Gasteiger partial charge on any atom is 0.573 e. The highest BCUT2D eigenvalue weighted by atomic mass is 19.4. The van der Waals surface area contributed by atoms with Gasteiger partial charge >= 0.3 is 6.36 Å². The smallest absolute Gasteiger partial charge is 0.406 e. The van der Waals surface area contributed by atoms with Crippen LogP contribution in [0.2, 0.25) is 0 Å². The molecular weight excluding hydrogens is 406 g/mol. The molecule has 30 heavy (non-hydrogen) atoms. The van der Waals surface area contributed by atoms with Crippen molar-refractivity contribution in [2.75, 3.05) is 5.32 Å². The summed E-state index contributed by atoms with van der Waals surface area (Å²) in [6.45, 7) is 2.93. The van der Waals surface area contributed by atoms with Gasteiger partial charge in [0, 0.05) is 23.6 Å². The monoisotopic (exact) mass is 425 g/mol. The van der Waals surface area contributed by atoms with E-state index in [1.165, 1.54) is 24.7 Å². The third kappa shape index (κ3) is 4.30. The second kappa shape index (κ2) is 7.08. The highest BCUT2D eigenvalue weighted by Crippen LogP contribution is 2.40.